The van der Waals surface area contributed by atoms with Gasteiger partial charge in [0.25, 0.3) is 0 Å². The molecule has 0 N–H and O–H groups in total. The predicted octanol–water partition coefficient (Wildman–Crippen LogP) is 10.2. The number of hydrogen-bond acceptors (Lipinski definition) is 2. The van der Waals surface area contributed by atoms with Crippen molar-refractivity contribution >= 4 is 15.9 Å². The van der Waals surface area contributed by atoms with Crippen LogP contribution in [0.15, 0.2) is 37.0 Å². The molecule has 1 aliphatic heterocycles. The standard InChI is InChI=1S/C30H53BrO2/c1-3-5-7-9-11-13-15-17-19-21-23-25-30(32-28-29(27-31)33-30)26-24-22-20-18-16-14-12-10-8-6-4-2/h3,7-10,29H,1,4-6,11-28H2,2H3/b9-7-,10-8-. The summed E-state index contributed by atoms with van der Waals surface area (Å²) in [6.45, 7) is 6.74. The van der Waals surface area contributed by atoms with Crippen molar-refractivity contribution in [2.75, 3.05) is 11.9 Å². The van der Waals surface area contributed by atoms with E-state index in [2.05, 4.69) is 53.7 Å². The van der Waals surface area contributed by atoms with Gasteiger partial charge in [0.05, 0.1) is 12.7 Å². The summed E-state index contributed by atoms with van der Waals surface area (Å²) in [6, 6.07) is 0. The summed E-state index contributed by atoms with van der Waals surface area (Å²) in [5, 5.41) is 0.878. The maximum atomic E-state index is 6.39. The second kappa shape index (κ2) is 22.1. The molecule has 0 bridgehead atoms. The minimum absolute atomic E-state index is 0.222. The lowest BCUT2D eigenvalue weighted by Gasteiger charge is -2.28. The Kier molecular flexibility index (Phi) is 20.5. The van der Waals surface area contributed by atoms with Crippen molar-refractivity contribution in [1.29, 1.82) is 0 Å². The van der Waals surface area contributed by atoms with Crippen LogP contribution in [0.3, 0.4) is 0 Å². The lowest BCUT2D eigenvalue weighted by molar-refractivity contribution is -0.177. The molecule has 1 saturated heterocycles. The van der Waals surface area contributed by atoms with Crippen LogP contribution in [0, 0.1) is 0 Å². The van der Waals surface area contributed by atoms with Crippen LogP contribution in [-0.4, -0.2) is 23.8 Å². The fourth-order valence-electron chi connectivity index (χ4n) is 4.52. The van der Waals surface area contributed by atoms with Crippen LogP contribution < -0.4 is 0 Å². The number of alkyl halides is 1. The van der Waals surface area contributed by atoms with E-state index in [9.17, 15) is 0 Å². The molecule has 0 radical (unpaired) electrons. The number of hydrogen-bond donors (Lipinski definition) is 0. The second-order valence-electron chi connectivity index (χ2n) is 9.69. The molecule has 1 rings (SSSR count). The zero-order chi connectivity index (χ0) is 23.9. The van der Waals surface area contributed by atoms with Crippen LogP contribution in [0.5, 0.6) is 0 Å². The number of rotatable bonds is 23. The highest BCUT2D eigenvalue weighted by Crippen LogP contribution is 2.35. The minimum atomic E-state index is -0.307. The van der Waals surface area contributed by atoms with Crippen molar-refractivity contribution < 1.29 is 9.47 Å². The number of unbranched alkanes of at least 4 members (excludes halogenated alkanes) is 13. The second-order valence-corrected chi connectivity index (χ2v) is 10.3. The molecule has 1 aliphatic rings. The Morgan fingerprint density at radius 1 is 0.758 bits per heavy atom. The van der Waals surface area contributed by atoms with Crippen LogP contribution in [-0.2, 0) is 9.47 Å². The summed E-state index contributed by atoms with van der Waals surface area (Å²) in [5.41, 5.74) is 0. The van der Waals surface area contributed by atoms with E-state index in [0.29, 0.717) is 0 Å². The van der Waals surface area contributed by atoms with Crippen molar-refractivity contribution in [3.05, 3.63) is 37.0 Å². The maximum Gasteiger partial charge on any atom is 0.168 e. The molecule has 0 aliphatic carbocycles. The number of ether oxygens (including phenoxy) is 2. The molecule has 0 aromatic carbocycles. The Morgan fingerprint density at radius 3 is 1.79 bits per heavy atom. The molecule has 1 heterocycles. The molecule has 2 nitrogen and oxygen atoms in total. The Hall–Kier alpha value is -0.380. The van der Waals surface area contributed by atoms with E-state index < -0.39 is 0 Å². The van der Waals surface area contributed by atoms with Crippen molar-refractivity contribution in [2.24, 2.45) is 0 Å². The molecule has 0 spiro atoms. The first-order valence-corrected chi connectivity index (χ1v) is 15.2. The van der Waals surface area contributed by atoms with Gasteiger partial charge < -0.3 is 9.47 Å². The van der Waals surface area contributed by atoms with E-state index in [4.69, 9.17) is 9.47 Å². The smallest absolute Gasteiger partial charge is 0.168 e. The van der Waals surface area contributed by atoms with Crippen molar-refractivity contribution in [3.8, 4) is 0 Å². The molecule has 0 aromatic heterocycles. The molecule has 2 atom stereocenters. The van der Waals surface area contributed by atoms with Gasteiger partial charge in [0.2, 0.25) is 0 Å². The fourth-order valence-corrected chi connectivity index (χ4v) is 4.84. The van der Waals surface area contributed by atoms with Crippen molar-refractivity contribution in [2.45, 2.75) is 141 Å². The summed E-state index contributed by atoms with van der Waals surface area (Å²) >= 11 is 3.58. The van der Waals surface area contributed by atoms with Gasteiger partial charge in [-0.3, -0.25) is 0 Å². The predicted molar refractivity (Wildman–Crippen MR) is 149 cm³/mol. The van der Waals surface area contributed by atoms with Gasteiger partial charge in [-0.05, 0) is 51.4 Å². The van der Waals surface area contributed by atoms with Crippen LogP contribution >= 0.6 is 15.9 Å². The van der Waals surface area contributed by atoms with Gasteiger partial charge in [-0.2, -0.15) is 0 Å². The molecule has 3 heteroatoms. The third kappa shape index (κ3) is 16.8. The lowest BCUT2D eigenvalue weighted by atomic mass is 9.98. The van der Waals surface area contributed by atoms with Crippen LogP contribution in [0.2, 0.25) is 0 Å². The molecule has 2 unspecified atom stereocenters. The molecule has 192 valence electrons. The Labute approximate surface area is 214 Å². The SMILES string of the molecule is C=CC/C=C\CCCCCCCCC1(CCCCCCCC/C=C\CCC)OCC(CBr)O1. The molecule has 0 saturated carbocycles. The van der Waals surface area contributed by atoms with Gasteiger partial charge in [0.1, 0.15) is 0 Å². The average Bonchev–Trinajstić information content (AvgIpc) is 3.24. The molecular formula is C30H53BrO2. The van der Waals surface area contributed by atoms with Gasteiger partial charge >= 0.3 is 0 Å². The maximum absolute atomic E-state index is 6.39. The van der Waals surface area contributed by atoms with Crippen LogP contribution in [0.4, 0.5) is 0 Å². The van der Waals surface area contributed by atoms with Crippen molar-refractivity contribution in [3.63, 3.8) is 0 Å². The largest absolute Gasteiger partial charge is 0.347 e. The monoisotopic (exact) mass is 524 g/mol. The zero-order valence-electron chi connectivity index (χ0n) is 21.7. The van der Waals surface area contributed by atoms with Gasteiger partial charge in [-0.15, -0.1) is 6.58 Å². The fraction of sp³-hybridized carbons (Fsp3) is 0.800. The Morgan fingerprint density at radius 2 is 1.27 bits per heavy atom. The average molecular weight is 526 g/mol. The van der Waals surface area contributed by atoms with Gasteiger partial charge in [-0.25, -0.2) is 0 Å². The Bertz CT molecular complexity index is 502. The minimum Gasteiger partial charge on any atom is -0.347 e. The normalized spacial score (nSPS) is 21.0. The highest BCUT2D eigenvalue weighted by atomic mass is 79.9. The highest BCUT2D eigenvalue weighted by Gasteiger charge is 2.39. The topological polar surface area (TPSA) is 18.5 Å². The first-order valence-electron chi connectivity index (χ1n) is 14.0. The molecule has 0 aromatic rings. The highest BCUT2D eigenvalue weighted by molar-refractivity contribution is 9.09. The molecular weight excluding hydrogens is 472 g/mol. The molecule has 33 heavy (non-hydrogen) atoms. The number of allylic oxidation sites excluding steroid dienone is 5. The van der Waals surface area contributed by atoms with E-state index in [1.807, 2.05) is 6.08 Å². The first-order chi connectivity index (χ1) is 16.3. The van der Waals surface area contributed by atoms with E-state index in [-0.39, 0.29) is 11.9 Å². The van der Waals surface area contributed by atoms with Gasteiger partial charge in [0, 0.05) is 18.2 Å². The summed E-state index contributed by atoms with van der Waals surface area (Å²) in [4.78, 5) is 0. The van der Waals surface area contributed by atoms with Crippen LogP contribution in [0.1, 0.15) is 129 Å². The molecule has 0 amide bonds. The van der Waals surface area contributed by atoms with Crippen LogP contribution in [0.25, 0.3) is 0 Å². The quantitative estimate of drug-likeness (QED) is 0.0750. The summed E-state index contributed by atoms with van der Waals surface area (Å²) < 4.78 is 12.6. The van der Waals surface area contributed by atoms with Gasteiger partial charge in [-0.1, -0.05) is 111 Å². The van der Waals surface area contributed by atoms with Gasteiger partial charge in [0.15, 0.2) is 5.79 Å². The van der Waals surface area contributed by atoms with E-state index in [1.165, 1.54) is 103 Å². The zero-order valence-corrected chi connectivity index (χ0v) is 23.3. The lowest BCUT2D eigenvalue weighted by Crippen LogP contribution is -2.31. The Balaban J connectivity index is 2.11. The van der Waals surface area contributed by atoms with E-state index in [1.54, 1.807) is 0 Å². The first kappa shape index (κ1) is 30.7. The van der Waals surface area contributed by atoms with E-state index in [0.717, 1.165) is 31.2 Å². The number of halogens is 1. The third-order valence-corrected chi connectivity index (χ3v) is 7.26. The third-order valence-electron chi connectivity index (χ3n) is 6.53. The molecule has 1 fully saturated rings. The van der Waals surface area contributed by atoms with E-state index >= 15 is 0 Å². The van der Waals surface area contributed by atoms with Crippen molar-refractivity contribution in [1.82, 2.24) is 0 Å². The summed E-state index contributed by atoms with van der Waals surface area (Å²) in [7, 11) is 0. The summed E-state index contributed by atoms with van der Waals surface area (Å²) in [5.74, 6) is -0.307. The summed E-state index contributed by atoms with van der Waals surface area (Å²) in [6.07, 6.45) is 35.3.